The summed E-state index contributed by atoms with van der Waals surface area (Å²) in [6, 6.07) is 2.45. The Hall–Kier alpha value is -1.75. The van der Waals surface area contributed by atoms with E-state index in [2.05, 4.69) is 39.8 Å². The van der Waals surface area contributed by atoms with Crippen molar-refractivity contribution in [1.82, 2.24) is 25.3 Å². The molecule has 1 N–H and O–H groups in total. The summed E-state index contributed by atoms with van der Waals surface area (Å²) < 4.78 is 1.85. The number of hydrogen-bond donors (Lipinski definition) is 1. The molecule has 1 unspecified atom stereocenters. The predicted octanol–water partition coefficient (Wildman–Crippen LogP) is 2.11. The van der Waals surface area contributed by atoms with E-state index in [1.807, 2.05) is 31.8 Å². The van der Waals surface area contributed by atoms with Gasteiger partial charge in [-0.25, -0.2) is 0 Å². The first-order chi connectivity index (χ1) is 9.60. The topological polar surface area (TPSA) is 55.6 Å². The lowest BCUT2D eigenvalue weighted by Gasteiger charge is -2.19. The van der Waals surface area contributed by atoms with E-state index in [9.17, 15) is 0 Å². The second-order valence-electron chi connectivity index (χ2n) is 5.20. The summed E-state index contributed by atoms with van der Waals surface area (Å²) in [6.07, 6.45) is 6.05. The fourth-order valence-electron chi connectivity index (χ4n) is 2.45. The third kappa shape index (κ3) is 3.63. The van der Waals surface area contributed by atoms with Gasteiger partial charge in [0.1, 0.15) is 0 Å². The minimum atomic E-state index is 0.314. The van der Waals surface area contributed by atoms with E-state index in [1.54, 1.807) is 0 Å². The molecule has 0 aliphatic carbocycles. The maximum absolute atomic E-state index is 4.23. The number of rotatable bonds is 6. The molecule has 2 heterocycles. The van der Waals surface area contributed by atoms with Crippen LogP contribution >= 0.6 is 0 Å². The third-order valence-electron chi connectivity index (χ3n) is 3.45. The molecule has 5 heteroatoms. The van der Waals surface area contributed by atoms with Crippen molar-refractivity contribution in [2.24, 2.45) is 7.05 Å². The number of nitrogens with one attached hydrogen (secondary N) is 1. The molecule has 2 aromatic rings. The summed E-state index contributed by atoms with van der Waals surface area (Å²) in [6.45, 7) is 7.09. The molecule has 0 saturated carbocycles. The Morgan fingerprint density at radius 1 is 1.30 bits per heavy atom. The SMILES string of the molecule is CCNC(CCc1cnn(C)c1)c1cc(C)nnc1C. The van der Waals surface area contributed by atoms with Gasteiger partial charge >= 0.3 is 0 Å². The van der Waals surface area contributed by atoms with Gasteiger partial charge in [0.15, 0.2) is 0 Å². The molecule has 5 nitrogen and oxygen atoms in total. The molecule has 0 saturated heterocycles. The van der Waals surface area contributed by atoms with Crippen molar-refractivity contribution in [3.63, 3.8) is 0 Å². The Morgan fingerprint density at radius 3 is 2.75 bits per heavy atom. The van der Waals surface area contributed by atoms with Gasteiger partial charge in [-0.3, -0.25) is 4.68 Å². The van der Waals surface area contributed by atoms with Crippen molar-refractivity contribution >= 4 is 0 Å². The quantitative estimate of drug-likeness (QED) is 0.876. The molecular formula is C15H23N5. The van der Waals surface area contributed by atoms with Crippen LogP contribution in [0.25, 0.3) is 0 Å². The second kappa shape index (κ2) is 6.61. The van der Waals surface area contributed by atoms with E-state index in [1.165, 1.54) is 11.1 Å². The molecule has 0 radical (unpaired) electrons. The monoisotopic (exact) mass is 273 g/mol. The minimum Gasteiger partial charge on any atom is -0.310 e. The lowest BCUT2D eigenvalue weighted by molar-refractivity contribution is 0.509. The Morgan fingerprint density at radius 2 is 2.10 bits per heavy atom. The highest BCUT2D eigenvalue weighted by Crippen LogP contribution is 2.21. The highest BCUT2D eigenvalue weighted by Gasteiger charge is 2.14. The summed E-state index contributed by atoms with van der Waals surface area (Å²) in [4.78, 5) is 0. The molecule has 2 rings (SSSR count). The normalized spacial score (nSPS) is 12.6. The molecule has 0 spiro atoms. The van der Waals surface area contributed by atoms with Crippen LogP contribution in [0.3, 0.4) is 0 Å². The van der Waals surface area contributed by atoms with Gasteiger partial charge in [-0.05, 0) is 50.4 Å². The summed E-state index contributed by atoms with van der Waals surface area (Å²) in [5, 5.41) is 16.1. The van der Waals surface area contributed by atoms with Gasteiger partial charge in [-0.1, -0.05) is 6.92 Å². The zero-order chi connectivity index (χ0) is 14.5. The fraction of sp³-hybridized carbons (Fsp3) is 0.533. The standard InChI is InChI=1S/C15H23N5/c1-5-16-15(7-6-13-9-17-20(4)10-13)14-8-11(2)18-19-12(14)3/h8-10,15-16H,5-7H2,1-4H3. The summed E-state index contributed by atoms with van der Waals surface area (Å²) >= 11 is 0. The number of aryl methyl sites for hydroxylation is 4. The van der Waals surface area contributed by atoms with Crippen LogP contribution in [-0.4, -0.2) is 26.5 Å². The van der Waals surface area contributed by atoms with E-state index in [4.69, 9.17) is 0 Å². The zero-order valence-corrected chi connectivity index (χ0v) is 12.7. The third-order valence-corrected chi connectivity index (χ3v) is 3.45. The van der Waals surface area contributed by atoms with Gasteiger partial charge in [0.25, 0.3) is 0 Å². The Balaban J connectivity index is 2.11. The number of hydrogen-bond acceptors (Lipinski definition) is 4. The molecule has 0 aliphatic rings. The van der Waals surface area contributed by atoms with Crippen molar-refractivity contribution in [3.8, 4) is 0 Å². The smallest absolute Gasteiger partial charge is 0.0648 e. The van der Waals surface area contributed by atoms with Crippen molar-refractivity contribution in [1.29, 1.82) is 0 Å². The van der Waals surface area contributed by atoms with Crippen molar-refractivity contribution in [2.75, 3.05) is 6.54 Å². The molecule has 20 heavy (non-hydrogen) atoms. The molecule has 1 atom stereocenters. The first-order valence-corrected chi connectivity index (χ1v) is 7.12. The molecule has 0 aromatic carbocycles. The fourth-order valence-corrected chi connectivity index (χ4v) is 2.45. The Kier molecular flexibility index (Phi) is 4.84. The van der Waals surface area contributed by atoms with Crippen LogP contribution in [0.5, 0.6) is 0 Å². The van der Waals surface area contributed by atoms with Gasteiger partial charge in [0.05, 0.1) is 17.6 Å². The molecule has 0 aliphatic heterocycles. The molecule has 2 aromatic heterocycles. The minimum absolute atomic E-state index is 0.314. The van der Waals surface area contributed by atoms with Gasteiger partial charge in [-0.2, -0.15) is 15.3 Å². The molecular weight excluding hydrogens is 250 g/mol. The van der Waals surface area contributed by atoms with Gasteiger partial charge in [0, 0.05) is 19.3 Å². The van der Waals surface area contributed by atoms with Crippen LogP contribution in [0.2, 0.25) is 0 Å². The molecule has 108 valence electrons. The molecule has 0 bridgehead atoms. The van der Waals surface area contributed by atoms with E-state index in [0.29, 0.717) is 6.04 Å². The maximum atomic E-state index is 4.23. The van der Waals surface area contributed by atoms with Crippen molar-refractivity contribution in [3.05, 3.63) is 41.0 Å². The number of nitrogens with zero attached hydrogens (tertiary/aromatic N) is 4. The van der Waals surface area contributed by atoms with Crippen LogP contribution in [0.4, 0.5) is 0 Å². The Labute approximate surface area is 120 Å². The first-order valence-electron chi connectivity index (χ1n) is 7.12. The predicted molar refractivity (Wildman–Crippen MR) is 79.5 cm³/mol. The molecule has 0 fully saturated rings. The average molecular weight is 273 g/mol. The summed E-state index contributed by atoms with van der Waals surface area (Å²) in [5.74, 6) is 0. The first kappa shape index (κ1) is 14.7. The Bertz CT molecular complexity index is 561. The lowest BCUT2D eigenvalue weighted by Crippen LogP contribution is -2.23. The van der Waals surface area contributed by atoms with E-state index >= 15 is 0 Å². The van der Waals surface area contributed by atoms with Crippen LogP contribution < -0.4 is 5.32 Å². The second-order valence-corrected chi connectivity index (χ2v) is 5.20. The van der Waals surface area contributed by atoms with Crippen LogP contribution in [-0.2, 0) is 13.5 Å². The van der Waals surface area contributed by atoms with Gasteiger partial charge in [0.2, 0.25) is 0 Å². The molecule has 0 amide bonds. The van der Waals surface area contributed by atoms with Gasteiger partial charge in [-0.15, -0.1) is 0 Å². The summed E-state index contributed by atoms with van der Waals surface area (Å²) in [5.41, 5.74) is 4.50. The highest BCUT2D eigenvalue weighted by molar-refractivity contribution is 5.24. The van der Waals surface area contributed by atoms with E-state index in [-0.39, 0.29) is 0 Å². The van der Waals surface area contributed by atoms with Crippen LogP contribution in [0, 0.1) is 13.8 Å². The largest absolute Gasteiger partial charge is 0.310 e. The zero-order valence-electron chi connectivity index (χ0n) is 12.7. The van der Waals surface area contributed by atoms with Crippen LogP contribution in [0.15, 0.2) is 18.5 Å². The van der Waals surface area contributed by atoms with E-state index in [0.717, 1.165) is 30.8 Å². The maximum Gasteiger partial charge on any atom is 0.0648 e. The van der Waals surface area contributed by atoms with Gasteiger partial charge < -0.3 is 5.32 Å². The van der Waals surface area contributed by atoms with E-state index < -0.39 is 0 Å². The average Bonchev–Trinajstić information content (AvgIpc) is 2.83. The van der Waals surface area contributed by atoms with Crippen LogP contribution in [0.1, 0.15) is 41.9 Å². The number of aromatic nitrogens is 4. The lowest BCUT2D eigenvalue weighted by atomic mass is 9.99. The van der Waals surface area contributed by atoms with Crippen molar-refractivity contribution in [2.45, 2.75) is 39.7 Å². The summed E-state index contributed by atoms with van der Waals surface area (Å²) in [7, 11) is 1.95. The highest BCUT2D eigenvalue weighted by atomic mass is 15.2. The van der Waals surface area contributed by atoms with Crippen molar-refractivity contribution < 1.29 is 0 Å².